The van der Waals surface area contributed by atoms with E-state index >= 15 is 0 Å². The van der Waals surface area contributed by atoms with Gasteiger partial charge < -0.3 is 19.4 Å². The Morgan fingerprint density at radius 3 is 2.52 bits per heavy atom. The number of furan rings is 1. The highest BCUT2D eigenvalue weighted by Gasteiger charge is 2.35. The molecule has 0 saturated carbocycles. The molecular formula is C22H26N2O5. The van der Waals surface area contributed by atoms with Gasteiger partial charge in [0, 0.05) is 18.7 Å². The summed E-state index contributed by atoms with van der Waals surface area (Å²) in [5.41, 5.74) is 2.87. The molecule has 0 radical (unpaired) electrons. The third-order valence-corrected chi connectivity index (χ3v) is 5.08. The highest BCUT2D eigenvalue weighted by atomic mass is 16.5. The number of carbonyl (C=O) groups excluding carboxylic acids is 3. The van der Waals surface area contributed by atoms with Crippen molar-refractivity contribution in [3.8, 4) is 0 Å². The Morgan fingerprint density at radius 1 is 1.17 bits per heavy atom. The van der Waals surface area contributed by atoms with Crippen molar-refractivity contribution in [2.45, 2.75) is 39.7 Å². The molecule has 1 aliphatic rings. The molecule has 0 spiro atoms. The smallest absolute Gasteiger partial charge is 0.311 e. The van der Waals surface area contributed by atoms with Crippen LogP contribution in [0.25, 0.3) is 0 Å². The number of nitrogens with one attached hydrogen (secondary N) is 1. The van der Waals surface area contributed by atoms with Gasteiger partial charge in [-0.3, -0.25) is 14.4 Å². The lowest BCUT2D eigenvalue weighted by atomic mass is 10.0. The van der Waals surface area contributed by atoms with Crippen LogP contribution in [0.2, 0.25) is 0 Å². The quantitative estimate of drug-likeness (QED) is 0.691. The van der Waals surface area contributed by atoms with Crippen LogP contribution in [0, 0.1) is 5.92 Å². The molecule has 1 atom stereocenters. The van der Waals surface area contributed by atoms with Gasteiger partial charge in [0.1, 0.15) is 5.76 Å². The van der Waals surface area contributed by atoms with E-state index in [9.17, 15) is 14.4 Å². The van der Waals surface area contributed by atoms with Crippen molar-refractivity contribution >= 4 is 23.5 Å². The van der Waals surface area contributed by atoms with Crippen LogP contribution < -0.4 is 5.32 Å². The zero-order valence-corrected chi connectivity index (χ0v) is 16.8. The van der Waals surface area contributed by atoms with E-state index in [1.807, 2.05) is 32.0 Å². The number of likely N-dealkylation sites (tertiary alicyclic amines) is 1. The second-order valence-corrected chi connectivity index (χ2v) is 7.07. The first kappa shape index (κ1) is 20.6. The zero-order chi connectivity index (χ0) is 20.8. The minimum absolute atomic E-state index is 0.0831. The van der Waals surface area contributed by atoms with Crippen LogP contribution in [0.5, 0.6) is 0 Å². The van der Waals surface area contributed by atoms with E-state index in [2.05, 4.69) is 5.32 Å². The topological polar surface area (TPSA) is 88.8 Å². The van der Waals surface area contributed by atoms with Crippen molar-refractivity contribution in [3.63, 3.8) is 0 Å². The predicted octanol–water partition coefficient (Wildman–Crippen LogP) is 2.93. The molecule has 1 fully saturated rings. The lowest BCUT2D eigenvalue weighted by Crippen LogP contribution is -2.28. The summed E-state index contributed by atoms with van der Waals surface area (Å²) in [5.74, 6) is -0.953. The summed E-state index contributed by atoms with van der Waals surface area (Å²) >= 11 is 0. The first-order valence-corrected chi connectivity index (χ1v) is 9.89. The average molecular weight is 398 g/mol. The van der Waals surface area contributed by atoms with Crippen molar-refractivity contribution in [1.82, 2.24) is 4.90 Å². The molecule has 1 N–H and O–H groups in total. The van der Waals surface area contributed by atoms with Crippen LogP contribution in [0.4, 0.5) is 5.69 Å². The van der Waals surface area contributed by atoms with Crippen molar-refractivity contribution in [1.29, 1.82) is 0 Å². The van der Waals surface area contributed by atoms with E-state index in [-0.39, 0.29) is 31.4 Å². The summed E-state index contributed by atoms with van der Waals surface area (Å²) in [6, 6.07) is 9.44. The highest BCUT2D eigenvalue weighted by Crippen LogP contribution is 2.23. The van der Waals surface area contributed by atoms with Gasteiger partial charge in [-0.1, -0.05) is 32.0 Å². The van der Waals surface area contributed by atoms with Gasteiger partial charge in [-0.25, -0.2) is 0 Å². The van der Waals surface area contributed by atoms with Crippen molar-refractivity contribution < 1.29 is 23.5 Å². The second kappa shape index (κ2) is 9.41. The van der Waals surface area contributed by atoms with E-state index in [1.54, 1.807) is 23.3 Å². The summed E-state index contributed by atoms with van der Waals surface area (Å²) in [6.45, 7) is 4.26. The Morgan fingerprint density at radius 2 is 1.90 bits per heavy atom. The Balaban J connectivity index is 1.52. The first-order chi connectivity index (χ1) is 14.0. The number of hydrogen-bond acceptors (Lipinski definition) is 5. The Hall–Kier alpha value is -3.09. The summed E-state index contributed by atoms with van der Waals surface area (Å²) in [6.07, 6.45) is 3.21. The lowest BCUT2D eigenvalue weighted by molar-refractivity contribution is -0.151. The number of benzene rings is 1. The Kier molecular flexibility index (Phi) is 6.69. The fraction of sp³-hybridized carbons (Fsp3) is 0.409. The molecule has 3 rings (SSSR count). The fourth-order valence-corrected chi connectivity index (χ4v) is 3.51. The van der Waals surface area contributed by atoms with E-state index in [1.165, 1.54) is 0 Å². The van der Waals surface area contributed by atoms with Crippen molar-refractivity contribution in [2.24, 2.45) is 5.92 Å². The van der Waals surface area contributed by atoms with Crippen LogP contribution in [0.3, 0.4) is 0 Å². The summed E-state index contributed by atoms with van der Waals surface area (Å²) in [7, 11) is 0. The van der Waals surface area contributed by atoms with Crippen LogP contribution in [-0.2, 0) is 38.5 Å². The van der Waals surface area contributed by atoms with E-state index in [4.69, 9.17) is 9.15 Å². The van der Waals surface area contributed by atoms with Gasteiger partial charge in [0.25, 0.3) is 5.91 Å². The second-order valence-electron chi connectivity index (χ2n) is 7.07. The van der Waals surface area contributed by atoms with Gasteiger partial charge in [-0.05, 0) is 36.1 Å². The number of carbonyl (C=O) groups is 3. The zero-order valence-electron chi connectivity index (χ0n) is 16.8. The number of amides is 2. The molecule has 1 aromatic heterocycles. The molecule has 0 unspecified atom stereocenters. The molecule has 1 aromatic carbocycles. The SMILES string of the molecule is CCc1cccc(CC)c1NC(=O)COC(=O)[C@@H]1CC(=O)N(Cc2ccco2)C1. The van der Waals surface area contributed by atoms with Gasteiger partial charge in [-0.2, -0.15) is 0 Å². The third kappa shape index (κ3) is 5.04. The largest absolute Gasteiger partial charge is 0.467 e. The molecule has 2 heterocycles. The highest BCUT2D eigenvalue weighted by molar-refractivity contribution is 5.95. The number of rotatable bonds is 8. The standard InChI is InChI=1S/C22H26N2O5/c1-3-15-7-5-8-16(4-2)21(15)23-19(25)14-29-22(27)17-11-20(26)24(12-17)13-18-9-6-10-28-18/h5-10,17H,3-4,11-14H2,1-2H3,(H,23,25)/t17-/m1/s1. The third-order valence-electron chi connectivity index (χ3n) is 5.08. The van der Waals surface area contributed by atoms with Crippen LogP contribution >= 0.6 is 0 Å². The molecule has 0 bridgehead atoms. The Bertz CT molecular complexity index is 853. The number of aryl methyl sites for hydroxylation is 2. The molecule has 7 heteroatoms. The lowest BCUT2D eigenvalue weighted by Gasteiger charge is -2.16. The number of para-hydroxylation sites is 1. The molecule has 0 aliphatic carbocycles. The molecule has 1 saturated heterocycles. The molecule has 29 heavy (non-hydrogen) atoms. The fourth-order valence-electron chi connectivity index (χ4n) is 3.51. The monoisotopic (exact) mass is 398 g/mol. The average Bonchev–Trinajstić information content (AvgIpc) is 3.36. The molecule has 2 aromatic rings. The molecule has 154 valence electrons. The van der Waals surface area contributed by atoms with Crippen molar-refractivity contribution in [2.75, 3.05) is 18.5 Å². The molecule has 7 nitrogen and oxygen atoms in total. The first-order valence-electron chi connectivity index (χ1n) is 9.89. The van der Waals surface area contributed by atoms with Gasteiger partial charge in [0.05, 0.1) is 18.7 Å². The van der Waals surface area contributed by atoms with E-state index in [0.29, 0.717) is 12.3 Å². The predicted molar refractivity (Wildman–Crippen MR) is 107 cm³/mol. The van der Waals surface area contributed by atoms with Crippen LogP contribution in [-0.4, -0.2) is 35.8 Å². The van der Waals surface area contributed by atoms with Gasteiger partial charge in [0.15, 0.2) is 6.61 Å². The van der Waals surface area contributed by atoms with Gasteiger partial charge in [0.2, 0.25) is 5.91 Å². The maximum atomic E-state index is 12.3. The van der Waals surface area contributed by atoms with E-state index in [0.717, 1.165) is 29.7 Å². The summed E-state index contributed by atoms with van der Waals surface area (Å²) in [5, 5.41) is 2.87. The minimum atomic E-state index is -0.570. The number of anilines is 1. The Labute approximate surface area is 170 Å². The number of hydrogen-bond donors (Lipinski definition) is 1. The van der Waals surface area contributed by atoms with Gasteiger partial charge in [-0.15, -0.1) is 0 Å². The maximum Gasteiger partial charge on any atom is 0.311 e. The molecule has 1 aliphatic heterocycles. The summed E-state index contributed by atoms with van der Waals surface area (Å²) < 4.78 is 10.4. The number of ether oxygens (including phenoxy) is 1. The summed E-state index contributed by atoms with van der Waals surface area (Å²) in [4.78, 5) is 38.4. The van der Waals surface area contributed by atoms with Gasteiger partial charge >= 0.3 is 5.97 Å². The molecule has 2 amide bonds. The maximum absolute atomic E-state index is 12.3. The minimum Gasteiger partial charge on any atom is -0.467 e. The van der Waals surface area contributed by atoms with Crippen LogP contribution in [0.15, 0.2) is 41.0 Å². The molecular weight excluding hydrogens is 372 g/mol. The van der Waals surface area contributed by atoms with Crippen molar-refractivity contribution in [3.05, 3.63) is 53.5 Å². The number of nitrogens with zero attached hydrogens (tertiary/aromatic N) is 1. The van der Waals surface area contributed by atoms with E-state index < -0.39 is 11.9 Å². The number of esters is 1. The van der Waals surface area contributed by atoms with Crippen LogP contribution in [0.1, 0.15) is 37.2 Å². The normalized spacial score (nSPS) is 16.1.